The molecule has 6 heteroatoms. The predicted molar refractivity (Wildman–Crippen MR) is 81.6 cm³/mol. The van der Waals surface area contributed by atoms with E-state index < -0.39 is 10.2 Å². The molecule has 0 radical (unpaired) electrons. The molecule has 0 aromatic carbocycles. The van der Waals surface area contributed by atoms with E-state index in [2.05, 4.69) is 27.6 Å². The third kappa shape index (κ3) is 4.69. The first-order valence-corrected chi connectivity index (χ1v) is 9.72. The lowest BCUT2D eigenvalue weighted by Crippen LogP contribution is -2.46. The van der Waals surface area contributed by atoms with Crippen LogP contribution in [0.1, 0.15) is 45.4 Å². The van der Waals surface area contributed by atoms with Crippen molar-refractivity contribution in [2.75, 3.05) is 19.6 Å². The van der Waals surface area contributed by atoms with Crippen LogP contribution < -0.4 is 4.72 Å². The van der Waals surface area contributed by atoms with Crippen molar-refractivity contribution in [3.8, 4) is 0 Å². The van der Waals surface area contributed by atoms with Crippen LogP contribution in [0.2, 0.25) is 0 Å². The molecule has 112 valence electrons. The third-order valence-electron chi connectivity index (χ3n) is 4.29. The Morgan fingerprint density at radius 1 is 1.21 bits per heavy atom. The van der Waals surface area contributed by atoms with Crippen molar-refractivity contribution < 1.29 is 8.42 Å². The second-order valence-electron chi connectivity index (χ2n) is 6.08. The minimum absolute atomic E-state index is 0.481. The van der Waals surface area contributed by atoms with E-state index in [0.717, 1.165) is 38.5 Å². The van der Waals surface area contributed by atoms with E-state index in [0.29, 0.717) is 36.3 Å². The van der Waals surface area contributed by atoms with Crippen molar-refractivity contribution in [2.45, 2.75) is 50.3 Å². The molecule has 1 saturated heterocycles. The zero-order valence-corrected chi connectivity index (χ0v) is 14.0. The van der Waals surface area contributed by atoms with E-state index in [1.54, 1.807) is 4.31 Å². The molecule has 0 aromatic rings. The summed E-state index contributed by atoms with van der Waals surface area (Å²) in [4.78, 5) is 0.628. The highest BCUT2D eigenvalue weighted by Gasteiger charge is 2.28. The van der Waals surface area contributed by atoms with E-state index in [9.17, 15) is 8.42 Å². The van der Waals surface area contributed by atoms with Crippen molar-refractivity contribution >= 4 is 26.1 Å². The summed E-state index contributed by atoms with van der Waals surface area (Å²) in [5.41, 5.74) is 0. The van der Waals surface area contributed by atoms with Gasteiger partial charge in [0.15, 0.2) is 0 Å². The molecule has 2 aliphatic rings. The monoisotopic (exact) mass is 352 g/mol. The summed E-state index contributed by atoms with van der Waals surface area (Å²) in [6, 6.07) is 0. The van der Waals surface area contributed by atoms with Crippen molar-refractivity contribution in [1.82, 2.24) is 9.03 Å². The molecule has 0 spiro atoms. The SMILES string of the molecule is CC1CCCN(S(=O)(=O)NCC2CCC(Br)CC2)C1. The molecular formula is C13H25BrN2O2S. The van der Waals surface area contributed by atoms with Crippen LogP contribution in [-0.2, 0) is 10.2 Å². The number of piperidine rings is 1. The average molecular weight is 353 g/mol. The highest BCUT2D eigenvalue weighted by Crippen LogP contribution is 2.28. The van der Waals surface area contributed by atoms with Crippen LogP contribution in [0.15, 0.2) is 0 Å². The summed E-state index contributed by atoms with van der Waals surface area (Å²) in [5.74, 6) is 0.986. The van der Waals surface area contributed by atoms with Gasteiger partial charge in [-0.15, -0.1) is 0 Å². The molecule has 1 heterocycles. The molecule has 0 amide bonds. The topological polar surface area (TPSA) is 49.4 Å². The normalized spacial score (nSPS) is 34.3. The Labute approximate surface area is 125 Å². The van der Waals surface area contributed by atoms with E-state index in [1.807, 2.05) is 0 Å². The highest BCUT2D eigenvalue weighted by atomic mass is 79.9. The molecule has 1 saturated carbocycles. The van der Waals surface area contributed by atoms with Crippen LogP contribution in [-0.4, -0.2) is 37.2 Å². The number of nitrogens with zero attached hydrogens (tertiary/aromatic N) is 1. The minimum atomic E-state index is -3.26. The Morgan fingerprint density at radius 3 is 2.53 bits per heavy atom. The minimum Gasteiger partial charge on any atom is -0.202 e. The first kappa shape index (κ1) is 15.7. The lowest BCUT2D eigenvalue weighted by Gasteiger charge is -2.31. The number of nitrogens with one attached hydrogen (secondary N) is 1. The molecular weight excluding hydrogens is 328 g/mol. The standard InChI is InChI=1S/C13H25BrN2O2S/c1-11-3-2-8-16(10-11)19(17,18)15-9-12-4-6-13(14)7-5-12/h11-13,15H,2-10H2,1H3. The highest BCUT2D eigenvalue weighted by molar-refractivity contribution is 9.09. The third-order valence-corrected chi connectivity index (χ3v) is 6.75. The smallest absolute Gasteiger partial charge is 0.202 e. The maximum absolute atomic E-state index is 12.2. The van der Waals surface area contributed by atoms with Gasteiger partial charge in [0.2, 0.25) is 0 Å². The molecule has 1 aliphatic heterocycles. The molecule has 1 aliphatic carbocycles. The molecule has 2 fully saturated rings. The maximum Gasteiger partial charge on any atom is 0.279 e. The summed E-state index contributed by atoms with van der Waals surface area (Å²) < 4.78 is 28.9. The lowest BCUT2D eigenvalue weighted by molar-refractivity contribution is 0.275. The van der Waals surface area contributed by atoms with E-state index in [-0.39, 0.29) is 0 Å². The van der Waals surface area contributed by atoms with Gasteiger partial charge in [-0.1, -0.05) is 22.9 Å². The van der Waals surface area contributed by atoms with Crippen molar-refractivity contribution in [3.05, 3.63) is 0 Å². The Bertz CT molecular complexity index is 380. The van der Waals surface area contributed by atoms with Crippen molar-refractivity contribution in [2.24, 2.45) is 11.8 Å². The molecule has 19 heavy (non-hydrogen) atoms. The molecule has 2 rings (SSSR count). The molecule has 1 N–H and O–H groups in total. The van der Waals surface area contributed by atoms with Gasteiger partial charge in [0.25, 0.3) is 10.2 Å². The van der Waals surface area contributed by atoms with Crippen LogP contribution in [0.4, 0.5) is 0 Å². The Kier molecular flexibility index (Phi) is 5.69. The van der Waals surface area contributed by atoms with Gasteiger partial charge in [0.1, 0.15) is 0 Å². The van der Waals surface area contributed by atoms with Gasteiger partial charge in [-0.05, 0) is 50.4 Å². The second-order valence-corrected chi connectivity index (χ2v) is 9.13. The lowest BCUT2D eigenvalue weighted by atomic mass is 9.89. The quantitative estimate of drug-likeness (QED) is 0.790. The second kappa shape index (κ2) is 6.87. The summed E-state index contributed by atoms with van der Waals surface area (Å²) in [6.07, 6.45) is 6.68. The van der Waals surface area contributed by atoms with Gasteiger partial charge >= 0.3 is 0 Å². The van der Waals surface area contributed by atoms with Gasteiger partial charge in [-0.3, -0.25) is 0 Å². The fraction of sp³-hybridized carbons (Fsp3) is 1.00. The van der Waals surface area contributed by atoms with Gasteiger partial charge < -0.3 is 0 Å². The molecule has 1 unspecified atom stereocenters. The number of alkyl halides is 1. The zero-order chi connectivity index (χ0) is 13.9. The van der Waals surface area contributed by atoms with Crippen LogP contribution in [0.25, 0.3) is 0 Å². The molecule has 4 nitrogen and oxygen atoms in total. The summed E-state index contributed by atoms with van der Waals surface area (Å²) in [5, 5.41) is 0. The summed E-state index contributed by atoms with van der Waals surface area (Å²) in [7, 11) is -3.26. The first-order valence-electron chi connectivity index (χ1n) is 7.36. The van der Waals surface area contributed by atoms with E-state index in [1.165, 1.54) is 0 Å². The Balaban J connectivity index is 1.80. The first-order chi connectivity index (χ1) is 8.97. The zero-order valence-electron chi connectivity index (χ0n) is 11.6. The largest absolute Gasteiger partial charge is 0.279 e. The van der Waals surface area contributed by atoms with Crippen LogP contribution in [0.3, 0.4) is 0 Å². The Hall–Kier alpha value is 0.350. The fourth-order valence-electron chi connectivity index (χ4n) is 3.00. The van der Waals surface area contributed by atoms with Gasteiger partial charge in [-0.2, -0.15) is 12.7 Å². The fourth-order valence-corrected chi connectivity index (χ4v) is 4.98. The maximum atomic E-state index is 12.2. The number of halogens is 1. The van der Waals surface area contributed by atoms with Gasteiger partial charge in [0, 0.05) is 24.5 Å². The van der Waals surface area contributed by atoms with Crippen LogP contribution in [0, 0.1) is 11.8 Å². The van der Waals surface area contributed by atoms with Crippen LogP contribution >= 0.6 is 15.9 Å². The number of rotatable bonds is 4. The molecule has 1 atom stereocenters. The van der Waals surface area contributed by atoms with Gasteiger partial charge in [-0.25, -0.2) is 4.72 Å². The molecule has 0 aromatic heterocycles. The summed E-state index contributed by atoms with van der Waals surface area (Å²) in [6.45, 7) is 4.07. The number of hydrogen-bond acceptors (Lipinski definition) is 2. The van der Waals surface area contributed by atoms with Gasteiger partial charge in [0.05, 0.1) is 0 Å². The van der Waals surface area contributed by atoms with Crippen molar-refractivity contribution in [3.63, 3.8) is 0 Å². The van der Waals surface area contributed by atoms with Crippen LogP contribution in [0.5, 0.6) is 0 Å². The average Bonchev–Trinajstić information content (AvgIpc) is 2.38. The number of hydrogen-bond donors (Lipinski definition) is 1. The van der Waals surface area contributed by atoms with E-state index in [4.69, 9.17) is 0 Å². The predicted octanol–water partition coefficient (Wildman–Crippen LogP) is 2.51. The molecule has 0 bridgehead atoms. The summed E-state index contributed by atoms with van der Waals surface area (Å²) >= 11 is 3.63. The van der Waals surface area contributed by atoms with E-state index >= 15 is 0 Å². The van der Waals surface area contributed by atoms with Crippen molar-refractivity contribution in [1.29, 1.82) is 0 Å². The Morgan fingerprint density at radius 2 is 1.89 bits per heavy atom.